The van der Waals surface area contributed by atoms with Crippen molar-refractivity contribution < 1.29 is 38.6 Å². The summed E-state index contributed by atoms with van der Waals surface area (Å²) in [5.74, 6) is -4.17. The number of ether oxygens (including phenoxy) is 1. The summed E-state index contributed by atoms with van der Waals surface area (Å²) < 4.78 is 5.38. The van der Waals surface area contributed by atoms with Crippen LogP contribution in [-0.2, 0) is 28.7 Å². The second-order valence-electron chi connectivity index (χ2n) is 13.5. The van der Waals surface area contributed by atoms with Crippen LogP contribution >= 0.6 is 0 Å². The average molecular weight is 579 g/mol. The third-order valence-electron chi connectivity index (χ3n) is 7.67. The number of hydrogen-bond donors (Lipinski definition) is 4. The quantitative estimate of drug-likeness (QED) is 0.201. The first-order valence-corrected chi connectivity index (χ1v) is 14.0. The van der Waals surface area contributed by atoms with Gasteiger partial charge in [-0.3, -0.25) is 24.0 Å². The molecular formula is C29H46N4O8. The highest BCUT2D eigenvalue weighted by Gasteiger charge is 2.70. The lowest BCUT2D eigenvalue weighted by molar-refractivity contribution is -0.145. The van der Waals surface area contributed by atoms with E-state index in [0.717, 1.165) is 0 Å². The molecule has 2 aliphatic rings. The summed E-state index contributed by atoms with van der Waals surface area (Å²) in [6.07, 6.45) is 0.877. The highest BCUT2D eigenvalue weighted by Crippen LogP contribution is 2.65. The minimum Gasteiger partial charge on any atom is -0.481 e. The van der Waals surface area contributed by atoms with Crippen LogP contribution in [0.3, 0.4) is 0 Å². The number of amides is 4. The standard InChI is InChI=1S/C29H46N4O8/c1-10-11-12-17(21(36)24(38)30-14-13-18(34)35)31-23(37)20-19-16(29(19,8)9)15-33(20)25(39)22(27(2,3)4)32-26(40)41-28(5,6)7/h10,16-17,19-20,22H,1,11-15H2,2-9H3,(H,30,38)(H,31,37)(H,32,40)(H,34,35). The molecule has 0 aromatic rings. The number of rotatable bonds is 12. The number of likely N-dealkylation sites (tertiary alicyclic amines) is 1. The molecular weight excluding hydrogens is 532 g/mol. The molecule has 1 saturated carbocycles. The van der Waals surface area contributed by atoms with Crippen LogP contribution in [0.25, 0.3) is 0 Å². The zero-order valence-electron chi connectivity index (χ0n) is 25.5. The molecule has 1 aliphatic heterocycles. The molecule has 5 atom stereocenters. The van der Waals surface area contributed by atoms with Gasteiger partial charge in [-0.25, -0.2) is 4.79 Å². The lowest BCUT2D eigenvalue weighted by atomic mass is 9.85. The molecule has 4 amide bonds. The molecule has 12 heteroatoms. The van der Waals surface area contributed by atoms with Crippen molar-refractivity contribution in [3.05, 3.63) is 12.7 Å². The van der Waals surface area contributed by atoms with Crippen molar-refractivity contribution >= 4 is 35.6 Å². The summed E-state index contributed by atoms with van der Waals surface area (Å²) in [6, 6.07) is -3.10. The highest BCUT2D eigenvalue weighted by atomic mass is 16.6. The average Bonchev–Trinajstić information content (AvgIpc) is 3.14. The number of carboxylic acid groups (broad SMARTS) is 1. The van der Waals surface area contributed by atoms with Crippen molar-refractivity contribution in [3.8, 4) is 0 Å². The van der Waals surface area contributed by atoms with Crippen molar-refractivity contribution in [2.75, 3.05) is 13.1 Å². The Hall–Kier alpha value is -3.44. The van der Waals surface area contributed by atoms with Crippen LogP contribution in [-0.4, -0.2) is 82.4 Å². The summed E-state index contributed by atoms with van der Waals surface area (Å²) in [4.78, 5) is 77.9. The molecule has 1 aliphatic carbocycles. The molecule has 0 spiro atoms. The van der Waals surface area contributed by atoms with E-state index in [1.165, 1.54) is 4.90 Å². The van der Waals surface area contributed by atoms with Gasteiger partial charge in [0.2, 0.25) is 17.6 Å². The summed E-state index contributed by atoms with van der Waals surface area (Å²) in [5.41, 5.74) is -1.71. The minimum absolute atomic E-state index is 0.0472. The third kappa shape index (κ3) is 8.53. The van der Waals surface area contributed by atoms with Crippen molar-refractivity contribution in [1.82, 2.24) is 20.9 Å². The number of carboxylic acids is 1. The van der Waals surface area contributed by atoms with Crippen LogP contribution in [0.2, 0.25) is 0 Å². The number of nitrogens with one attached hydrogen (secondary N) is 3. The number of carbonyl (C=O) groups is 6. The van der Waals surface area contributed by atoms with Gasteiger partial charge in [-0.15, -0.1) is 6.58 Å². The van der Waals surface area contributed by atoms with Crippen LogP contribution < -0.4 is 16.0 Å². The van der Waals surface area contributed by atoms with Gasteiger partial charge >= 0.3 is 12.1 Å². The van der Waals surface area contributed by atoms with Crippen LogP contribution in [0.1, 0.15) is 74.7 Å². The fraction of sp³-hybridized carbons (Fsp3) is 0.724. The summed E-state index contributed by atoms with van der Waals surface area (Å²) >= 11 is 0. The van der Waals surface area contributed by atoms with Gasteiger partial charge in [0.1, 0.15) is 17.7 Å². The Kier molecular flexibility index (Phi) is 10.4. The van der Waals surface area contributed by atoms with E-state index < -0.39 is 64.7 Å². The fourth-order valence-electron chi connectivity index (χ4n) is 5.39. The van der Waals surface area contributed by atoms with E-state index in [-0.39, 0.29) is 36.6 Å². The van der Waals surface area contributed by atoms with E-state index in [9.17, 15) is 28.8 Å². The number of piperidine rings is 1. The molecule has 2 rings (SSSR count). The highest BCUT2D eigenvalue weighted by molar-refractivity contribution is 6.38. The monoisotopic (exact) mass is 578 g/mol. The molecule has 4 N–H and O–H groups in total. The van der Waals surface area contributed by atoms with Gasteiger partial charge in [-0.1, -0.05) is 40.7 Å². The maximum Gasteiger partial charge on any atom is 0.408 e. The topological polar surface area (TPSA) is 171 Å². The number of fused-ring (bicyclic) bond motifs is 1. The first-order valence-electron chi connectivity index (χ1n) is 14.0. The molecule has 0 aromatic heterocycles. The van der Waals surface area contributed by atoms with Gasteiger partial charge in [0.25, 0.3) is 5.91 Å². The van der Waals surface area contributed by atoms with Gasteiger partial charge < -0.3 is 30.7 Å². The Balaban J connectivity index is 2.29. The number of Topliss-reactive ketones (excluding diaryl/α,β-unsaturated/α-hetero) is 1. The molecule has 5 unspecified atom stereocenters. The maximum atomic E-state index is 13.9. The SMILES string of the molecule is C=CCCC(NC(=O)C1C2C(CN1C(=O)C(NC(=O)OC(C)(C)C)C(C)(C)C)C2(C)C)C(=O)C(=O)NCCC(=O)O. The lowest BCUT2D eigenvalue weighted by Crippen LogP contribution is -2.60. The van der Waals surface area contributed by atoms with E-state index in [1.807, 2.05) is 13.8 Å². The Morgan fingerprint density at radius 1 is 1.07 bits per heavy atom. The third-order valence-corrected chi connectivity index (χ3v) is 7.67. The van der Waals surface area contributed by atoms with Gasteiger partial charge in [-0.2, -0.15) is 0 Å². The number of allylic oxidation sites excluding steroid dienone is 1. The molecule has 41 heavy (non-hydrogen) atoms. The first kappa shape index (κ1) is 33.8. The number of alkyl carbamates (subject to hydrolysis) is 1. The smallest absolute Gasteiger partial charge is 0.408 e. The van der Waals surface area contributed by atoms with Gasteiger partial charge in [0.15, 0.2) is 0 Å². The van der Waals surface area contributed by atoms with E-state index in [1.54, 1.807) is 47.6 Å². The normalized spacial score (nSPS) is 22.4. The largest absolute Gasteiger partial charge is 0.481 e. The second kappa shape index (κ2) is 12.6. The molecule has 0 aromatic carbocycles. The van der Waals surface area contributed by atoms with Crippen molar-refractivity contribution in [3.63, 3.8) is 0 Å². The fourth-order valence-corrected chi connectivity index (χ4v) is 5.39. The zero-order valence-corrected chi connectivity index (χ0v) is 25.5. The summed E-state index contributed by atoms with van der Waals surface area (Å²) in [7, 11) is 0. The Labute approximate surface area is 242 Å². The van der Waals surface area contributed by atoms with E-state index in [2.05, 4.69) is 22.5 Å². The number of aliphatic carboxylic acids is 1. The van der Waals surface area contributed by atoms with E-state index >= 15 is 0 Å². The predicted octanol–water partition coefficient (Wildman–Crippen LogP) is 2.02. The molecule has 1 saturated heterocycles. The summed E-state index contributed by atoms with van der Waals surface area (Å²) in [5, 5.41) is 16.4. The van der Waals surface area contributed by atoms with Crippen molar-refractivity contribution in [1.29, 1.82) is 0 Å². The predicted molar refractivity (Wildman–Crippen MR) is 151 cm³/mol. The lowest BCUT2D eigenvalue weighted by Gasteiger charge is -2.38. The number of ketones is 1. The Morgan fingerprint density at radius 2 is 1.68 bits per heavy atom. The number of hydrogen-bond acceptors (Lipinski definition) is 7. The minimum atomic E-state index is -1.19. The molecule has 12 nitrogen and oxygen atoms in total. The summed E-state index contributed by atoms with van der Waals surface area (Å²) in [6.45, 7) is 18.3. The maximum absolute atomic E-state index is 13.9. The van der Waals surface area contributed by atoms with E-state index in [0.29, 0.717) is 13.0 Å². The Bertz CT molecular complexity index is 1070. The van der Waals surface area contributed by atoms with Crippen LogP contribution in [0.15, 0.2) is 12.7 Å². The van der Waals surface area contributed by atoms with Gasteiger partial charge in [0, 0.05) is 13.1 Å². The molecule has 230 valence electrons. The molecule has 2 fully saturated rings. The van der Waals surface area contributed by atoms with Crippen LogP contribution in [0.5, 0.6) is 0 Å². The first-order chi connectivity index (χ1) is 18.7. The van der Waals surface area contributed by atoms with E-state index in [4.69, 9.17) is 9.84 Å². The number of carbonyl (C=O) groups excluding carboxylic acids is 5. The van der Waals surface area contributed by atoms with Crippen molar-refractivity contribution in [2.24, 2.45) is 22.7 Å². The molecule has 0 bridgehead atoms. The van der Waals surface area contributed by atoms with Crippen LogP contribution in [0, 0.1) is 22.7 Å². The zero-order chi connectivity index (χ0) is 31.5. The van der Waals surface area contributed by atoms with Gasteiger partial charge in [0.05, 0.1) is 12.5 Å². The second-order valence-corrected chi connectivity index (χ2v) is 13.5. The molecule has 1 heterocycles. The molecule has 0 radical (unpaired) electrons. The van der Waals surface area contributed by atoms with Crippen LogP contribution in [0.4, 0.5) is 4.79 Å². The Morgan fingerprint density at radius 3 is 2.20 bits per heavy atom. The van der Waals surface area contributed by atoms with Gasteiger partial charge in [-0.05, 0) is 56.3 Å². The number of nitrogens with zero attached hydrogens (tertiary/aromatic N) is 1. The van der Waals surface area contributed by atoms with Crippen molar-refractivity contribution in [2.45, 2.75) is 98.4 Å².